The molecule has 0 aromatic heterocycles. The fourth-order valence-corrected chi connectivity index (χ4v) is 2.62. The summed E-state index contributed by atoms with van der Waals surface area (Å²) in [5, 5.41) is 12.6. The number of rotatable bonds is 2. The second-order valence-corrected chi connectivity index (χ2v) is 5.67. The number of hydrogen-bond acceptors (Lipinski definition) is 2. The molecule has 1 unspecified atom stereocenters. The molecule has 0 saturated heterocycles. The Bertz CT molecular complexity index is 462. The van der Waals surface area contributed by atoms with Crippen LogP contribution in [0.3, 0.4) is 0 Å². The molecule has 1 saturated carbocycles. The van der Waals surface area contributed by atoms with E-state index >= 15 is 0 Å². The third kappa shape index (κ3) is 2.58. The first-order chi connectivity index (χ1) is 7.95. The number of nitrogens with zero attached hydrogens (tertiary/aromatic N) is 1. The summed E-state index contributed by atoms with van der Waals surface area (Å²) in [6, 6.07) is 8.66. The smallest absolute Gasteiger partial charge is 0.125 e. The summed E-state index contributed by atoms with van der Waals surface area (Å²) in [5.41, 5.74) is 0.317. The summed E-state index contributed by atoms with van der Waals surface area (Å²) >= 11 is 0. The van der Waals surface area contributed by atoms with Gasteiger partial charge in [0.1, 0.15) is 11.4 Å². The quantitative estimate of drug-likeness (QED) is 0.843. The maximum Gasteiger partial charge on any atom is 0.125 e. The van der Waals surface area contributed by atoms with Crippen molar-refractivity contribution < 1.29 is 4.39 Å². The van der Waals surface area contributed by atoms with Crippen molar-refractivity contribution in [2.45, 2.75) is 38.6 Å². The molecule has 1 aliphatic rings. The monoisotopic (exact) mass is 232 g/mol. The van der Waals surface area contributed by atoms with Gasteiger partial charge in [-0.25, -0.2) is 4.39 Å². The van der Waals surface area contributed by atoms with E-state index in [1.54, 1.807) is 12.1 Å². The summed E-state index contributed by atoms with van der Waals surface area (Å²) in [7, 11) is 0. The second-order valence-electron chi connectivity index (χ2n) is 5.67. The molecule has 17 heavy (non-hydrogen) atoms. The predicted molar refractivity (Wildman–Crippen MR) is 66.0 cm³/mol. The molecule has 0 radical (unpaired) electrons. The van der Waals surface area contributed by atoms with Crippen LogP contribution in [0.25, 0.3) is 0 Å². The number of anilines is 1. The van der Waals surface area contributed by atoms with Crippen molar-refractivity contribution in [1.82, 2.24) is 0 Å². The lowest BCUT2D eigenvalue weighted by atomic mass is 9.88. The summed E-state index contributed by atoms with van der Waals surface area (Å²) in [6.07, 6.45) is 2.63. The number of nitrogens with one attached hydrogen (secondary N) is 1. The molecule has 1 aromatic carbocycles. The van der Waals surface area contributed by atoms with Crippen LogP contribution >= 0.6 is 0 Å². The highest BCUT2D eigenvalue weighted by atomic mass is 19.1. The minimum atomic E-state index is -0.544. The largest absolute Gasteiger partial charge is 0.367 e. The molecular formula is C14H17FN2. The number of benzene rings is 1. The van der Waals surface area contributed by atoms with Gasteiger partial charge in [-0.05, 0) is 42.9 Å². The Labute approximate surface area is 101 Å². The molecule has 1 fully saturated rings. The van der Waals surface area contributed by atoms with Crippen LogP contribution in [0.2, 0.25) is 0 Å². The highest BCUT2D eigenvalue weighted by Crippen LogP contribution is 2.44. The fraction of sp³-hybridized carbons (Fsp3) is 0.500. The summed E-state index contributed by atoms with van der Waals surface area (Å²) in [4.78, 5) is 0. The van der Waals surface area contributed by atoms with Crippen LogP contribution in [-0.2, 0) is 0 Å². The van der Waals surface area contributed by atoms with Gasteiger partial charge in [-0.1, -0.05) is 19.9 Å². The first-order valence-corrected chi connectivity index (χ1v) is 5.90. The Hall–Kier alpha value is -1.56. The number of nitriles is 1. The standard InChI is InChI=1S/C14H17FN2/c1-13(2)6-7-14(9-13,10-16)17-12-5-3-4-11(15)8-12/h3-5,8,17H,6-7,9H2,1-2H3. The van der Waals surface area contributed by atoms with Crippen LogP contribution in [0.15, 0.2) is 24.3 Å². The van der Waals surface area contributed by atoms with Gasteiger partial charge in [0.2, 0.25) is 0 Å². The van der Waals surface area contributed by atoms with Gasteiger partial charge in [0.25, 0.3) is 0 Å². The molecule has 0 heterocycles. The van der Waals surface area contributed by atoms with Crippen LogP contribution in [0, 0.1) is 22.6 Å². The van der Waals surface area contributed by atoms with Crippen molar-refractivity contribution in [1.29, 1.82) is 5.26 Å². The first-order valence-electron chi connectivity index (χ1n) is 5.90. The third-order valence-corrected chi connectivity index (χ3v) is 3.43. The maximum absolute atomic E-state index is 13.1. The molecule has 1 atom stereocenters. The molecule has 2 rings (SSSR count). The van der Waals surface area contributed by atoms with E-state index in [1.165, 1.54) is 12.1 Å². The second kappa shape index (κ2) is 4.03. The zero-order valence-corrected chi connectivity index (χ0v) is 10.3. The Morgan fingerprint density at radius 1 is 1.35 bits per heavy atom. The van der Waals surface area contributed by atoms with Gasteiger partial charge in [-0.3, -0.25) is 0 Å². The van der Waals surface area contributed by atoms with Crippen molar-refractivity contribution in [3.05, 3.63) is 30.1 Å². The van der Waals surface area contributed by atoms with Gasteiger partial charge in [0.15, 0.2) is 0 Å². The van der Waals surface area contributed by atoms with Crippen molar-refractivity contribution in [2.75, 3.05) is 5.32 Å². The topological polar surface area (TPSA) is 35.8 Å². The van der Waals surface area contributed by atoms with E-state index in [-0.39, 0.29) is 11.2 Å². The van der Waals surface area contributed by atoms with E-state index < -0.39 is 5.54 Å². The van der Waals surface area contributed by atoms with Crippen LogP contribution in [0.4, 0.5) is 10.1 Å². The zero-order valence-electron chi connectivity index (χ0n) is 10.3. The Morgan fingerprint density at radius 2 is 2.12 bits per heavy atom. The van der Waals surface area contributed by atoms with Gasteiger partial charge in [0.05, 0.1) is 6.07 Å². The minimum Gasteiger partial charge on any atom is -0.367 e. The van der Waals surface area contributed by atoms with Gasteiger partial charge in [-0.2, -0.15) is 5.26 Å². The molecule has 1 N–H and O–H groups in total. The highest BCUT2D eigenvalue weighted by molar-refractivity contribution is 5.48. The Balaban J connectivity index is 2.20. The average Bonchev–Trinajstić information content (AvgIpc) is 2.55. The molecule has 0 bridgehead atoms. The van der Waals surface area contributed by atoms with Crippen LogP contribution in [0.5, 0.6) is 0 Å². The van der Waals surface area contributed by atoms with Crippen molar-refractivity contribution in [3.63, 3.8) is 0 Å². The van der Waals surface area contributed by atoms with Crippen molar-refractivity contribution >= 4 is 5.69 Å². The van der Waals surface area contributed by atoms with Crippen molar-refractivity contribution in [2.24, 2.45) is 5.41 Å². The molecule has 1 aliphatic carbocycles. The normalized spacial score (nSPS) is 26.5. The molecular weight excluding hydrogens is 215 g/mol. The molecule has 0 aliphatic heterocycles. The number of hydrogen-bond donors (Lipinski definition) is 1. The van der Waals surface area contributed by atoms with E-state index in [2.05, 4.69) is 25.2 Å². The molecule has 90 valence electrons. The molecule has 1 aromatic rings. The van der Waals surface area contributed by atoms with Crippen LogP contribution < -0.4 is 5.32 Å². The Kier molecular flexibility index (Phi) is 2.82. The van der Waals surface area contributed by atoms with E-state index in [1.807, 2.05) is 0 Å². The third-order valence-electron chi connectivity index (χ3n) is 3.43. The molecule has 0 spiro atoms. The first kappa shape index (κ1) is 11.9. The lowest BCUT2D eigenvalue weighted by Crippen LogP contribution is -2.34. The van der Waals surface area contributed by atoms with Gasteiger partial charge >= 0.3 is 0 Å². The lowest BCUT2D eigenvalue weighted by molar-refractivity contribution is 0.368. The van der Waals surface area contributed by atoms with Gasteiger partial charge < -0.3 is 5.32 Å². The SMILES string of the molecule is CC1(C)CCC(C#N)(Nc2cccc(F)c2)C1. The molecule has 2 nitrogen and oxygen atoms in total. The highest BCUT2D eigenvalue weighted by Gasteiger charge is 2.43. The Morgan fingerprint density at radius 3 is 2.65 bits per heavy atom. The van der Waals surface area contributed by atoms with Crippen LogP contribution in [-0.4, -0.2) is 5.54 Å². The maximum atomic E-state index is 13.1. The minimum absolute atomic E-state index is 0.177. The number of halogens is 1. The lowest BCUT2D eigenvalue weighted by Gasteiger charge is -2.26. The van der Waals surface area contributed by atoms with Gasteiger partial charge in [0, 0.05) is 5.69 Å². The van der Waals surface area contributed by atoms with E-state index in [4.69, 9.17) is 0 Å². The summed E-state index contributed by atoms with van der Waals surface area (Å²) in [6.45, 7) is 4.33. The zero-order chi connectivity index (χ0) is 12.5. The predicted octanol–water partition coefficient (Wildman–Crippen LogP) is 3.71. The average molecular weight is 232 g/mol. The molecule has 3 heteroatoms. The van der Waals surface area contributed by atoms with E-state index in [0.717, 1.165) is 19.3 Å². The fourth-order valence-electron chi connectivity index (χ4n) is 2.62. The molecule has 0 amide bonds. The van der Waals surface area contributed by atoms with Crippen molar-refractivity contribution in [3.8, 4) is 6.07 Å². The van der Waals surface area contributed by atoms with Crippen LogP contribution in [0.1, 0.15) is 33.1 Å². The van der Waals surface area contributed by atoms with E-state index in [0.29, 0.717) is 5.69 Å². The summed E-state index contributed by atoms with van der Waals surface area (Å²) in [5.74, 6) is -0.277. The van der Waals surface area contributed by atoms with Gasteiger partial charge in [-0.15, -0.1) is 0 Å². The van der Waals surface area contributed by atoms with E-state index in [9.17, 15) is 9.65 Å². The summed E-state index contributed by atoms with van der Waals surface area (Å²) < 4.78 is 13.1.